The molecule has 3 aliphatic rings. The van der Waals surface area contributed by atoms with Crippen molar-refractivity contribution in [3.8, 4) is 11.5 Å². The van der Waals surface area contributed by atoms with Crippen molar-refractivity contribution >= 4 is 17.8 Å². The number of amides is 2. The van der Waals surface area contributed by atoms with Crippen molar-refractivity contribution in [1.82, 2.24) is 15.1 Å². The number of carboxylic acids is 1. The van der Waals surface area contributed by atoms with E-state index in [1.165, 1.54) is 5.56 Å². The molecule has 3 atom stereocenters. The van der Waals surface area contributed by atoms with E-state index < -0.39 is 12.1 Å². The van der Waals surface area contributed by atoms with Crippen LogP contribution < -0.4 is 14.8 Å². The molecule has 12 heteroatoms. The lowest BCUT2D eigenvalue weighted by atomic mass is 10.0. The lowest BCUT2D eigenvalue weighted by Crippen LogP contribution is -2.49. The molecule has 2 amide bonds. The first-order valence-electron chi connectivity index (χ1n) is 9.92. The van der Waals surface area contributed by atoms with E-state index in [1.54, 1.807) is 18.9 Å². The summed E-state index contributed by atoms with van der Waals surface area (Å²) >= 11 is 0. The molecule has 0 aromatic heterocycles. The largest absolute Gasteiger partial charge is 0.490 e. The summed E-state index contributed by atoms with van der Waals surface area (Å²) in [6, 6.07) is 5.81. The van der Waals surface area contributed by atoms with Crippen molar-refractivity contribution in [3.63, 3.8) is 0 Å². The Morgan fingerprint density at radius 1 is 1.19 bits per heavy atom. The number of carbonyl (C=O) groups is 3. The van der Waals surface area contributed by atoms with Crippen LogP contribution in [-0.2, 0) is 20.9 Å². The highest BCUT2D eigenvalue weighted by Gasteiger charge is 2.49. The van der Waals surface area contributed by atoms with Crippen molar-refractivity contribution in [3.05, 3.63) is 23.8 Å². The molecule has 1 aromatic carbocycles. The summed E-state index contributed by atoms with van der Waals surface area (Å²) in [6.07, 6.45) is -4.35. The molecule has 0 radical (unpaired) electrons. The van der Waals surface area contributed by atoms with Gasteiger partial charge in [0.1, 0.15) is 6.04 Å². The van der Waals surface area contributed by atoms with Crippen molar-refractivity contribution < 1.29 is 42.1 Å². The first-order chi connectivity index (χ1) is 15.0. The highest BCUT2D eigenvalue weighted by molar-refractivity contribution is 5.87. The van der Waals surface area contributed by atoms with Crippen LogP contribution in [-0.4, -0.2) is 77.9 Å². The van der Waals surface area contributed by atoms with Crippen molar-refractivity contribution in [2.45, 2.75) is 38.1 Å². The number of nitrogens with zero attached hydrogens (tertiary/aromatic N) is 2. The van der Waals surface area contributed by atoms with E-state index >= 15 is 0 Å². The molecule has 32 heavy (non-hydrogen) atoms. The summed E-state index contributed by atoms with van der Waals surface area (Å²) in [7, 11) is 1.63. The normalized spacial score (nSPS) is 23.9. The van der Waals surface area contributed by atoms with Crippen LogP contribution in [0.3, 0.4) is 0 Å². The number of likely N-dealkylation sites (N-methyl/N-ethyl adjacent to an activating group) is 1. The third kappa shape index (κ3) is 5.06. The number of rotatable bonds is 3. The lowest BCUT2D eigenvalue weighted by Gasteiger charge is -2.28. The number of fused-ring (bicyclic) bond motifs is 2. The Kier molecular flexibility index (Phi) is 6.82. The molecule has 4 rings (SSSR count). The van der Waals surface area contributed by atoms with Gasteiger partial charge in [-0.05, 0) is 30.0 Å². The average molecular weight is 459 g/mol. The Morgan fingerprint density at radius 3 is 2.44 bits per heavy atom. The lowest BCUT2D eigenvalue weighted by molar-refractivity contribution is -0.192. The third-order valence-corrected chi connectivity index (χ3v) is 5.70. The fourth-order valence-corrected chi connectivity index (χ4v) is 4.40. The molecule has 3 aliphatic heterocycles. The summed E-state index contributed by atoms with van der Waals surface area (Å²) in [5.74, 6) is -0.911. The molecule has 3 heterocycles. The van der Waals surface area contributed by atoms with Crippen LogP contribution in [0.15, 0.2) is 18.2 Å². The minimum atomic E-state index is -5.08. The van der Waals surface area contributed by atoms with Gasteiger partial charge in [0.25, 0.3) is 0 Å². The van der Waals surface area contributed by atoms with Gasteiger partial charge in [-0.1, -0.05) is 6.07 Å². The second-order valence-corrected chi connectivity index (χ2v) is 7.80. The number of ether oxygens (including phenoxy) is 2. The number of hydrogen-bond acceptors (Lipinski definition) is 6. The van der Waals surface area contributed by atoms with Crippen LogP contribution in [0.25, 0.3) is 0 Å². The Hall–Kier alpha value is -3.02. The van der Waals surface area contributed by atoms with Gasteiger partial charge in [-0.25, -0.2) is 4.79 Å². The second kappa shape index (κ2) is 9.23. The van der Waals surface area contributed by atoms with E-state index in [2.05, 4.69) is 16.3 Å². The monoisotopic (exact) mass is 459 g/mol. The van der Waals surface area contributed by atoms with E-state index in [1.807, 2.05) is 12.1 Å². The molecule has 2 saturated heterocycles. The molecular formula is C20H24F3N3O6. The van der Waals surface area contributed by atoms with Gasteiger partial charge in [0.15, 0.2) is 11.5 Å². The molecule has 0 aliphatic carbocycles. The standard InChI is InChI=1S/C18H23N3O4.C2HF3O2/c1-11(22)21-14(18(23)19-2)6-13-8-20(9-15(13)21)7-12-3-4-16-17(5-12)25-10-24-16;3-2(4,5)1(6)7/h3-5,13-15H,6-10H2,1-2H3,(H,19,23);(H,6,7)/t13-,14-,15+;/m1./s1. The predicted octanol–water partition coefficient (Wildman–Crippen LogP) is 1.22. The summed E-state index contributed by atoms with van der Waals surface area (Å²) in [6.45, 7) is 4.34. The summed E-state index contributed by atoms with van der Waals surface area (Å²) in [5.41, 5.74) is 1.17. The van der Waals surface area contributed by atoms with Crippen LogP contribution in [0, 0.1) is 5.92 Å². The molecule has 176 valence electrons. The Balaban J connectivity index is 0.000000360. The Labute approximate surface area is 182 Å². The number of carbonyl (C=O) groups excluding carboxylic acids is 2. The second-order valence-electron chi connectivity index (χ2n) is 7.80. The molecular weight excluding hydrogens is 435 g/mol. The van der Waals surface area contributed by atoms with Gasteiger partial charge in [-0.3, -0.25) is 14.5 Å². The number of carboxylic acid groups (broad SMARTS) is 1. The molecule has 0 bridgehead atoms. The quantitative estimate of drug-likeness (QED) is 0.700. The van der Waals surface area contributed by atoms with E-state index in [0.717, 1.165) is 37.6 Å². The Bertz CT molecular complexity index is 894. The maximum Gasteiger partial charge on any atom is 0.490 e. The number of hydrogen-bond donors (Lipinski definition) is 2. The molecule has 1 aromatic rings. The number of nitrogens with one attached hydrogen (secondary N) is 1. The predicted molar refractivity (Wildman–Crippen MR) is 104 cm³/mol. The summed E-state index contributed by atoms with van der Waals surface area (Å²) in [4.78, 5) is 37.2. The fourth-order valence-electron chi connectivity index (χ4n) is 4.40. The Morgan fingerprint density at radius 2 is 1.84 bits per heavy atom. The van der Waals surface area contributed by atoms with Gasteiger partial charge in [-0.15, -0.1) is 0 Å². The van der Waals surface area contributed by atoms with Crippen LogP contribution in [0.4, 0.5) is 13.2 Å². The smallest absolute Gasteiger partial charge is 0.475 e. The van der Waals surface area contributed by atoms with Crippen LogP contribution in [0.5, 0.6) is 11.5 Å². The minimum Gasteiger partial charge on any atom is -0.475 e. The number of alkyl halides is 3. The zero-order valence-electron chi connectivity index (χ0n) is 17.5. The molecule has 0 saturated carbocycles. The van der Waals surface area contributed by atoms with Gasteiger partial charge >= 0.3 is 12.1 Å². The number of benzene rings is 1. The number of halogens is 3. The highest BCUT2D eigenvalue weighted by atomic mass is 19.4. The van der Waals surface area contributed by atoms with Crippen LogP contribution in [0.1, 0.15) is 18.9 Å². The van der Waals surface area contributed by atoms with Crippen LogP contribution >= 0.6 is 0 Å². The van der Waals surface area contributed by atoms with Gasteiger partial charge in [0, 0.05) is 39.6 Å². The molecule has 0 spiro atoms. The topological polar surface area (TPSA) is 108 Å². The van der Waals surface area contributed by atoms with Crippen molar-refractivity contribution in [2.75, 3.05) is 26.9 Å². The van der Waals surface area contributed by atoms with Gasteiger partial charge in [0.05, 0.1) is 0 Å². The van der Waals surface area contributed by atoms with E-state index in [0.29, 0.717) is 5.92 Å². The van der Waals surface area contributed by atoms with Gasteiger partial charge in [0.2, 0.25) is 18.6 Å². The summed E-state index contributed by atoms with van der Waals surface area (Å²) < 4.78 is 42.5. The molecule has 0 unspecified atom stereocenters. The first kappa shape index (κ1) is 23.6. The maximum atomic E-state index is 12.1. The zero-order valence-corrected chi connectivity index (χ0v) is 17.5. The fraction of sp³-hybridized carbons (Fsp3) is 0.550. The number of aliphatic carboxylic acids is 1. The third-order valence-electron chi connectivity index (χ3n) is 5.70. The summed E-state index contributed by atoms with van der Waals surface area (Å²) in [5, 5.41) is 9.81. The van der Waals surface area contributed by atoms with Crippen molar-refractivity contribution in [1.29, 1.82) is 0 Å². The molecule has 2 N–H and O–H groups in total. The van der Waals surface area contributed by atoms with E-state index in [9.17, 15) is 22.8 Å². The minimum absolute atomic E-state index is 0.0222. The molecule has 9 nitrogen and oxygen atoms in total. The zero-order chi connectivity index (χ0) is 23.6. The van der Waals surface area contributed by atoms with E-state index in [4.69, 9.17) is 19.4 Å². The van der Waals surface area contributed by atoms with Gasteiger partial charge < -0.3 is 24.8 Å². The maximum absolute atomic E-state index is 12.1. The highest BCUT2D eigenvalue weighted by Crippen LogP contribution is 2.37. The van der Waals surface area contributed by atoms with E-state index in [-0.39, 0.29) is 30.7 Å². The first-order valence-corrected chi connectivity index (χ1v) is 9.92. The SMILES string of the molecule is CNC(=O)[C@H]1C[C@@H]2CN(Cc3ccc4c(c3)OCO4)C[C@@H]2N1C(C)=O.O=C(O)C(F)(F)F. The molecule has 2 fully saturated rings. The average Bonchev–Trinajstić information content (AvgIpc) is 3.40. The number of likely N-dealkylation sites (tertiary alicyclic amines) is 2. The van der Waals surface area contributed by atoms with Gasteiger partial charge in [-0.2, -0.15) is 13.2 Å². The van der Waals surface area contributed by atoms with Crippen LogP contribution in [0.2, 0.25) is 0 Å². The van der Waals surface area contributed by atoms with Crippen molar-refractivity contribution in [2.24, 2.45) is 5.92 Å².